The molecule has 0 radical (unpaired) electrons. The van der Waals surface area contributed by atoms with Crippen LogP contribution in [0.1, 0.15) is 0 Å². The van der Waals surface area contributed by atoms with Crippen molar-refractivity contribution in [2.45, 2.75) is 0 Å². The Hall–Kier alpha value is 1.60. The van der Waals surface area contributed by atoms with E-state index in [1.165, 1.54) is 0 Å². The molecule has 4 heavy (non-hydrogen) atoms. The van der Waals surface area contributed by atoms with Gasteiger partial charge in [-0.05, 0) is 12.9 Å². The molecule has 0 aromatic carbocycles. The van der Waals surface area contributed by atoms with Crippen LogP contribution < -0.4 is 0 Å². The quantitative estimate of drug-likeness (QED) is 0.268. The zero-order chi connectivity index (χ0) is 2.71. The Morgan fingerprint density at radius 3 is 1.75 bits per heavy atom. The summed E-state index contributed by atoms with van der Waals surface area (Å²) in [6, 6.07) is 0. The van der Waals surface area contributed by atoms with Crippen LogP contribution in [0.5, 0.6) is 0 Å². The molecule has 0 fully saturated rings. The van der Waals surface area contributed by atoms with Crippen molar-refractivity contribution in [1.29, 1.82) is 0 Å². The van der Waals surface area contributed by atoms with Crippen LogP contribution in [0.15, 0.2) is 0 Å². The minimum absolute atomic E-state index is 0. The van der Waals surface area contributed by atoms with E-state index in [-0.39, 0.29) is 29.6 Å². The van der Waals surface area contributed by atoms with Crippen LogP contribution >= 0.6 is 24.8 Å². The molecular formula is H2ClNaOS. The second-order valence-corrected chi connectivity index (χ2v) is 0.621. The number of thiol groups is 1. The van der Waals surface area contributed by atoms with E-state index in [1.807, 2.05) is 0 Å². The Bertz CT molecular complexity index is 8.00. The summed E-state index contributed by atoms with van der Waals surface area (Å²) in [6.07, 6.45) is 0. The molecule has 0 saturated heterocycles. The molecule has 0 N–H and O–H groups in total. The molecule has 0 saturated carbocycles. The summed E-state index contributed by atoms with van der Waals surface area (Å²) >= 11 is 7.42. The number of hydrogen-bond acceptors (Lipinski definition) is 2. The van der Waals surface area contributed by atoms with Gasteiger partial charge < -0.3 is 0 Å². The number of rotatable bonds is 0. The first kappa shape index (κ1) is 9.14. The van der Waals surface area contributed by atoms with Gasteiger partial charge in [0.2, 0.25) is 0 Å². The Labute approximate surface area is 57.7 Å². The Balaban J connectivity index is 0. The summed E-state index contributed by atoms with van der Waals surface area (Å²) < 4.78 is 3.42. The standard InChI is InChI=1S/ClHOS.Na.H/c1-2-3;;/h3H;;. The maximum absolute atomic E-state index is 4.36. The summed E-state index contributed by atoms with van der Waals surface area (Å²) in [5, 5.41) is 0. The molecule has 0 aromatic heterocycles. The van der Waals surface area contributed by atoms with E-state index in [2.05, 4.69) is 28.5 Å². The molecule has 0 aliphatic heterocycles. The summed E-state index contributed by atoms with van der Waals surface area (Å²) in [5.41, 5.74) is 0. The molecule has 4 heteroatoms. The summed E-state index contributed by atoms with van der Waals surface area (Å²) in [4.78, 5) is 0. The average molecular weight is 109 g/mol. The van der Waals surface area contributed by atoms with Crippen molar-refractivity contribution < 1.29 is 3.74 Å². The number of halogens is 1. The zero-order valence-corrected chi connectivity index (χ0v) is 2.88. The van der Waals surface area contributed by atoms with Crippen molar-refractivity contribution in [3.63, 3.8) is 0 Å². The van der Waals surface area contributed by atoms with Gasteiger partial charge in [0.15, 0.2) is 0 Å². The molecule has 0 bridgehead atoms. The van der Waals surface area contributed by atoms with Gasteiger partial charge in [-0.15, -0.1) is 0 Å². The van der Waals surface area contributed by atoms with Crippen molar-refractivity contribution in [3.05, 3.63) is 0 Å². The fourth-order valence-corrected chi connectivity index (χ4v) is 0. The average Bonchev–Trinajstić information content (AvgIpc) is 0.918. The molecule has 1 nitrogen and oxygen atoms in total. The molecule has 0 aliphatic carbocycles. The van der Waals surface area contributed by atoms with E-state index >= 15 is 0 Å². The molecule has 22 valence electrons. The molecule has 0 amide bonds. The molecule has 0 heterocycles. The Kier molecular flexibility index (Phi) is 20.2. The van der Waals surface area contributed by atoms with Crippen molar-refractivity contribution >= 4 is 54.3 Å². The topological polar surface area (TPSA) is 9.23 Å². The number of hydrogen-bond donors (Lipinski definition) is 1. The molecule has 0 spiro atoms. The van der Waals surface area contributed by atoms with Crippen LogP contribution in [0.25, 0.3) is 0 Å². The first-order valence-electron chi connectivity index (χ1n) is 0.337. The first-order chi connectivity index (χ1) is 1.41. The van der Waals surface area contributed by atoms with Gasteiger partial charge >= 0.3 is 29.6 Å². The van der Waals surface area contributed by atoms with E-state index < -0.39 is 0 Å². The Morgan fingerprint density at radius 2 is 1.75 bits per heavy atom. The van der Waals surface area contributed by atoms with Gasteiger partial charge in [0.05, 0.1) is 11.9 Å². The normalized spacial score (nSPS) is 4.50. The maximum atomic E-state index is 4.36. The van der Waals surface area contributed by atoms with Gasteiger partial charge in [-0.2, -0.15) is 0 Å². The first-order valence-corrected chi connectivity index (χ1v) is 1.01. The third-order valence-electron chi connectivity index (χ3n) is 0. The predicted molar refractivity (Wildman–Crippen MR) is 23.1 cm³/mol. The van der Waals surface area contributed by atoms with E-state index in [0.29, 0.717) is 0 Å². The zero-order valence-electron chi connectivity index (χ0n) is 1.23. The van der Waals surface area contributed by atoms with Gasteiger partial charge in [-0.1, -0.05) is 0 Å². The fraction of sp³-hybridized carbons (Fsp3) is 0. The molecule has 0 aromatic rings. The summed E-state index contributed by atoms with van der Waals surface area (Å²) in [7, 11) is 0. The van der Waals surface area contributed by atoms with Gasteiger partial charge in [0.1, 0.15) is 0 Å². The minimum atomic E-state index is 0. The van der Waals surface area contributed by atoms with Gasteiger partial charge in [0.25, 0.3) is 0 Å². The second-order valence-electron chi connectivity index (χ2n) is 0.0690. The van der Waals surface area contributed by atoms with E-state index in [4.69, 9.17) is 0 Å². The molecule has 0 atom stereocenters. The van der Waals surface area contributed by atoms with Gasteiger partial charge in [-0.25, -0.2) is 3.74 Å². The van der Waals surface area contributed by atoms with Crippen LogP contribution in [-0.4, -0.2) is 29.6 Å². The van der Waals surface area contributed by atoms with Gasteiger partial charge in [-0.3, -0.25) is 0 Å². The van der Waals surface area contributed by atoms with Crippen molar-refractivity contribution in [1.82, 2.24) is 0 Å². The molecule has 0 unspecified atom stereocenters. The van der Waals surface area contributed by atoms with Crippen molar-refractivity contribution in [2.75, 3.05) is 0 Å². The SMILES string of the molecule is SOCl.[NaH]. The van der Waals surface area contributed by atoms with E-state index in [1.54, 1.807) is 0 Å². The molecular weight excluding hydrogens is 107 g/mol. The second kappa shape index (κ2) is 8.82. The van der Waals surface area contributed by atoms with Gasteiger partial charge in [0, 0.05) is 0 Å². The summed E-state index contributed by atoms with van der Waals surface area (Å²) in [5.74, 6) is 0. The Morgan fingerprint density at radius 1 is 1.75 bits per heavy atom. The molecule has 0 rings (SSSR count). The van der Waals surface area contributed by atoms with Crippen molar-refractivity contribution in [2.24, 2.45) is 0 Å². The van der Waals surface area contributed by atoms with E-state index in [0.717, 1.165) is 0 Å². The third-order valence-corrected chi connectivity index (χ3v) is 0. The summed E-state index contributed by atoms with van der Waals surface area (Å²) in [6.45, 7) is 0. The van der Waals surface area contributed by atoms with Crippen LogP contribution in [0, 0.1) is 0 Å². The molecule has 0 aliphatic rings. The van der Waals surface area contributed by atoms with Crippen LogP contribution in [-0.2, 0) is 3.74 Å². The predicted octanol–water partition coefficient (Wildman–Crippen LogP) is 0.353. The van der Waals surface area contributed by atoms with E-state index in [9.17, 15) is 0 Å². The van der Waals surface area contributed by atoms with Crippen LogP contribution in [0.4, 0.5) is 0 Å². The van der Waals surface area contributed by atoms with Crippen molar-refractivity contribution in [3.8, 4) is 0 Å². The fourth-order valence-electron chi connectivity index (χ4n) is 0. The van der Waals surface area contributed by atoms with Crippen LogP contribution in [0.2, 0.25) is 0 Å². The van der Waals surface area contributed by atoms with Crippen LogP contribution in [0.3, 0.4) is 0 Å². The third kappa shape index (κ3) is 9.51. The monoisotopic (exact) mass is 108 g/mol.